The first-order chi connectivity index (χ1) is 16.7. The first-order valence-electron chi connectivity index (χ1n) is 12.6. The third-order valence-corrected chi connectivity index (χ3v) is 6.40. The lowest BCUT2D eigenvalue weighted by Crippen LogP contribution is -2.11. The minimum atomic E-state index is 0.147. The zero-order chi connectivity index (χ0) is 25.0. The maximum atomic E-state index is 6.34. The Morgan fingerprint density at radius 3 is 2.37 bits per heavy atom. The highest BCUT2D eigenvalue weighted by molar-refractivity contribution is 5.75. The van der Waals surface area contributed by atoms with E-state index < -0.39 is 0 Å². The molecule has 0 fully saturated rings. The standard InChI is InChI=1S/C31H38N2O2/c1-22(2)26-17-12-23(3)20-29(26)35-21-30-32-27-10-7-8-11-28(27)33(30)18-9-19-34-25-15-13-24(14-16-25)31(4,5)6/h7-8,10-17,20,22H,9,18-19,21H2,1-6H3. The van der Waals surface area contributed by atoms with Crippen LogP contribution in [0.3, 0.4) is 0 Å². The van der Waals surface area contributed by atoms with Crippen molar-refractivity contribution in [2.75, 3.05) is 6.61 Å². The number of aromatic nitrogens is 2. The van der Waals surface area contributed by atoms with Crippen LogP contribution in [0.5, 0.6) is 11.5 Å². The number of rotatable bonds is 9. The van der Waals surface area contributed by atoms with Crippen LogP contribution in [-0.2, 0) is 18.6 Å². The first-order valence-corrected chi connectivity index (χ1v) is 12.6. The molecule has 4 aromatic rings. The van der Waals surface area contributed by atoms with E-state index in [1.54, 1.807) is 0 Å². The molecule has 1 heterocycles. The summed E-state index contributed by atoms with van der Waals surface area (Å²) in [4.78, 5) is 4.89. The van der Waals surface area contributed by atoms with Crippen molar-refractivity contribution < 1.29 is 9.47 Å². The fraction of sp³-hybridized carbons (Fsp3) is 0.387. The van der Waals surface area contributed by atoms with E-state index in [-0.39, 0.29) is 5.41 Å². The van der Waals surface area contributed by atoms with Crippen LogP contribution in [-0.4, -0.2) is 16.2 Å². The highest BCUT2D eigenvalue weighted by Crippen LogP contribution is 2.29. The molecule has 0 aliphatic carbocycles. The first kappa shape index (κ1) is 24.8. The molecule has 0 amide bonds. The predicted molar refractivity (Wildman–Crippen MR) is 145 cm³/mol. The molecule has 0 atom stereocenters. The van der Waals surface area contributed by atoms with E-state index >= 15 is 0 Å². The summed E-state index contributed by atoms with van der Waals surface area (Å²) in [6.45, 7) is 15.1. The maximum Gasteiger partial charge on any atom is 0.148 e. The van der Waals surface area contributed by atoms with Gasteiger partial charge in [-0.2, -0.15) is 0 Å². The molecule has 4 nitrogen and oxygen atoms in total. The van der Waals surface area contributed by atoms with E-state index in [0.717, 1.165) is 41.3 Å². The predicted octanol–water partition coefficient (Wildman–Crippen LogP) is 7.81. The normalized spacial score (nSPS) is 11.9. The van der Waals surface area contributed by atoms with Crippen LogP contribution in [0, 0.1) is 6.92 Å². The summed E-state index contributed by atoms with van der Waals surface area (Å²) < 4.78 is 14.6. The quantitative estimate of drug-likeness (QED) is 0.234. The van der Waals surface area contributed by atoms with Crippen LogP contribution < -0.4 is 9.47 Å². The van der Waals surface area contributed by atoms with Gasteiger partial charge in [0.05, 0.1) is 17.6 Å². The van der Waals surface area contributed by atoms with Gasteiger partial charge in [0.1, 0.15) is 23.9 Å². The Bertz CT molecular complexity index is 1260. The minimum Gasteiger partial charge on any atom is -0.494 e. The topological polar surface area (TPSA) is 36.3 Å². The second-order valence-corrected chi connectivity index (χ2v) is 10.6. The van der Waals surface area contributed by atoms with Gasteiger partial charge in [0.2, 0.25) is 0 Å². The molecule has 0 aliphatic heterocycles. The SMILES string of the molecule is Cc1ccc(C(C)C)c(OCc2nc3ccccc3n2CCCOc2ccc(C(C)(C)C)cc2)c1. The Kier molecular flexibility index (Phi) is 7.49. The van der Waals surface area contributed by atoms with Crippen molar-refractivity contribution in [3.63, 3.8) is 0 Å². The summed E-state index contributed by atoms with van der Waals surface area (Å²) in [7, 11) is 0. The number of fused-ring (bicyclic) bond motifs is 1. The second-order valence-electron chi connectivity index (χ2n) is 10.6. The Labute approximate surface area is 209 Å². The highest BCUT2D eigenvalue weighted by Gasteiger charge is 2.15. The molecule has 0 spiro atoms. The number of nitrogens with zero attached hydrogens (tertiary/aromatic N) is 2. The van der Waals surface area contributed by atoms with Crippen LogP contribution in [0.2, 0.25) is 0 Å². The molecule has 0 bridgehead atoms. The van der Waals surface area contributed by atoms with Gasteiger partial charge in [-0.25, -0.2) is 4.98 Å². The van der Waals surface area contributed by atoms with E-state index in [4.69, 9.17) is 14.5 Å². The van der Waals surface area contributed by atoms with Crippen LogP contribution >= 0.6 is 0 Å². The van der Waals surface area contributed by atoms with Crippen LogP contribution in [0.15, 0.2) is 66.7 Å². The fourth-order valence-corrected chi connectivity index (χ4v) is 4.33. The molecular weight excluding hydrogens is 432 g/mol. The minimum absolute atomic E-state index is 0.147. The lowest BCUT2D eigenvalue weighted by Gasteiger charge is -2.19. The van der Waals surface area contributed by atoms with Gasteiger partial charge in [-0.15, -0.1) is 0 Å². The summed E-state index contributed by atoms with van der Waals surface area (Å²) in [6, 6.07) is 23.2. The van der Waals surface area contributed by atoms with E-state index in [1.807, 2.05) is 6.07 Å². The molecule has 0 saturated carbocycles. The third-order valence-electron chi connectivity index (χ3n) is 6.40. The summed E-state index contributed by atoms with van der Waals surface area (Å²) in [5.74, 6) is 3.20. The van der Waals surface area contributed by atoms with Crippen LogP contribution in [0.1, 0.15) is 69.5 Å². The van der Waals surface area contributed by atoms with Gasteiger partial charge in [-0.1, -0.05) is 71.0 Å². The van der Waals surface area contributed by atoms with Crippen LogP contribution in [0.4, 0.5) is 0 Å². The Balaban J connectivity index is 1.44. The molecule has 35 heavy (non-hydrogen) atoms. The zero-order valence-electron chi connectivity index (χ0n) is 22.0. The van der Waals surface area contributed by atoms with Gasteiger partial charge < -0.3 is 14.0 Å². The largest absolute Gasteiger partial charge is 0.494 e. The number of ether oxygens (including phenoxy) is 2. The van der Waals surface area contributed by atoms with Gasteiger partial charge in [-0.3, -0.25) is 0 Å². The number of hydrogen-bond donors (Lipinski definition) is 0. The molecule has 1 aromatic heterocycles. The molecule has 0 N–H and O–H groups in total. The monoisotopic (exact) mass is 470 g/mol. The van der Waals surface area contributed by atoms with Gasteiger partial charge >= 0.3 is 0 Å². The zero-order valence-corrected chi connectivity index (χ0v) is 22.0. The van der Waals surface area contributed by atoms with Crippen molar-refractivity contribution in [2.24, 2.45) is 0 Å². The number of para-hydroxylation sites is 2. The van der Waals surface area contributed by atoms with Crippen LogP contribution in [0.25, 0.3) is 11.0 Å². The molecule has 0 aliphatic rings. The van der Waals surface area contributed by atoms with Crippen molar-refractivity contribution in [3.05, 3.63) is 89.2 Å². The van der Waals surface area contributed by atoms with Crippen molar-refractivity contribution >= 4 is 11.0 Å². The summed E-state index contributed by atoms with van der Waals surface area (Å²) in [5.41, 5.74) is 6.02. The third kappa shape index (κ3) is 6.05. The molecule has 4 heteroatoms. The summed E-state index contributed by atoms with van der Waals surface area (Å²) >= 11 is 0. The van der Waals surface area contributed by atoms with Gasteiger partial charge in [0.25, 0.3) is 0 Å². The molecule has 3 aromatic carbocycles. The number of imidazole rings is 1. The Morgan fingerprint density at radius 1 is 0.914 bits per heavy atom. The molecule has 0 radical (unpaired) electrons. The van der Waals surface area contributed by atoms with Gasteiger partial charge in [-0.05, 0) is 71.7 Å². The molecule has 4 rings (SSSR count). The van der Waals surface area contributed by atoms with Gasteiger partial charge in [0.15, 0.2) is 0 Å². The lowest BCUT2D eigenvalue weighted by atomic mass is 9.87. The summed E-state index contributed by atoms with van der Waals surface area (Å²) in [6.07, 6.45) is 0.885. The Morgan fingerprint density at radius 2 is 1.66 bits per heavy atom. The molecule has 184 valence electrons. The average Bonchev–Trinajstić information content (AvgIpc) is 3.17. The average molecular weight is 471 g/mol. The maximum absolute atomic E-state index is 6.34. The number of aryl methyl sites for hydroxylation is 2. The number of hydrogen-bond acceptors (Lipinski definition) is 3. The van der Waals surface area contributed by atoms with E-state index in [1.165, 1.54) is 16.7 Å². The fourth-order valence-electron chi connectivity index (χ4n) is 4.33. The number of benzene rings is 3. The summed E-state index contributed by atoms with van der Waals surface area (Å²) in [5, 5.41) is 0. The highest BCUT2D eigenvalue weighted by atomic mass is 16.5. The second kappa shape index (κ2) is 10.6. The van der Waals surface area contributed by atoms with E-state index in [9.17, 15) is 0 Å². The van der Waals surface area contributed by atoms with Gasteiger partial charge in [0, 0.05) is 6.54 Å². The molecule has 0 saturated heterocycles. The van der Waals surface area contributed by atoms with Crippen molar-refractivity contribution in [2.45, 2.75) is 72.4 Å². The molecule has 0 unspecified atom stereocenters. The van der Waals surface area contributed by atoms with Crippen molar-refractivity contribution in [3.8, 4) is 11.5 Å². The molecular formula is C31H38N2O2. The van der Waals surface area contributed by atoms with E-state index in [0.29, 0.717) is 19.1 Å². The Hall–Kier alpha value is -3.27. The van der Waals surface area contributed by atoms with Crippen molar-refractivity contribution in [1.82, 2.24) is 9.55 Å². The van der Waals surface area contributed by atoms with E-state index in [2.05, 4.69) is 107 Å². The lowest BCUT2D eigenvalue weighted by molar-refractivity contribution is 0.277. The van der Waals surface area contributed by atoms with Crippen molar-refractivity contribution in [1.29, 1.82) is 0 Å². The smallest absolute Gasteiger partial charge is 0.148 e.